The van der Waals surface area contributed by atoms with Gasteiger partial charge in [0.05, 0.1) is 7.17 Å². The van der Waals surface area contributed by atoms with Gasteiger partial charge in [-0.25, -0.2) is 0 Å². The molecule has 0 heterocycles. The van der Waals surface area contributed by atoms with E-state index < -0.39 is 12.0 Å². The van der Waals surface area contributed by atoms with Crippen molar-refractivity contribution in [3.05, 3.63) is 0 Å². The van der Waals surface area contributed by atoms with Crippen molar-refractivity contribution in [3.63, 3.8) is 0 Å². The first-order chi connectivity index (χ1) is 6.18. The van der Waals surface area contributed by atoms with Crippen molar-refractivity contribution >= 4 is 20.4 Å². The average Bonchev–Trinajstić information content (AvgIpc) is 2.10. The number of carboxylic acids is 1. The lowest BCUT2D eigenvalue weighted by atomic mass is 9.49. The average molecular weight is 182 g/mol. The quantitative estimate of drug-likeness (QED) is 0.347. The lowest BCUT2D eigenvalue weighted by molar-refractivity contribution is -0.138. The molecule has 13 heavy (non-hydrogen) atoms. The number of carboxylic acid groups (broad SMARTS) is 1. The van der Waals surface area contributed by atoms with Gasteiger partial charge in [0.2, 0.25) is 0 Å². The van der Waals surface area contributed by atoms with E-state index in [1.165, 1.54) is 0 Å². The molecule has 0 aromatic carbocycles. The minimum absolute atomic E-state index is 0.548. The topological polar surface area (TPSA) is 75.3 Å². The van der Waals surface area contributed by atoms with Crippen LogP contribution in [0.25, 0.3) is 0 Å². The molecule has 72 valence electrons. The second-order valence-electron chi connectivity index (χ2n) is 2.89. The maximum atomic E-state index is 10.3. The van der Waals surface area contributed by atoms with Gasteiger partial charge in [-0.15, -0.1) is 0 Å². The zero-order valence-electron chi connectivity index (χ0n) is 7.99. The zero-order chi connectivity index (χ0) is 10.1. The van der Waals surface area contributed by atoms with E-state index in [2.05, 4.69) is 5.23 Å². The molecule has 0 rings (SSSR count). The summed E-state index contributed by atoms with van der Waals surface area (Å²) in [6.45, 7) is 2.81. The number of nitrogens with two attached hydrogens (primary N) is 1. The smallest absolute Gasteiger partial charge is 0.320 e. The van der Waals surface area contributed by atoms with Crippen LogP contribution in [0, 0.1) is 0 Å². The molecule has 0 saturated carbocycles. The molecule has 0 aliphatic rings. The van der Waals surface area contributed by atoms with Gasteiger partial charge >= 0.3 is 5.97 Å². The SMILES string of the molecule is C[B][B]NCCCCC(N)C(=O)O. The maximum Gasteiger partial charge on any atom is 0.320 e. The highest BCUT2D eigenvalue weighted by molar-refractivity contribution is 6.98. The van der Waals surface area contributed by atoms with Gasteiger partial charge in [-0.05, 0) is 19.4 Å². The van der Waals surface area contributed by atoms with E-state index in [0.717, 1.165) is 19.4 Å². The van der Waals surface area contributed by atoms with Crippen LogP contribution in [0.5, 0.6) is 0 Å². The first kappa shape index (κ1) is 12.5. The maximum absolute atomic E-state index is 10.3. The second kappa shape index (κ2) is 8.13. The van der Waals surface area contributed by atoms with Crippen molar-refractivity contribution in [1.82, 2.24) is 5.23 Å². The Morgan fingerprint density at radius 3 is 2.85 bits per heavy atom. The van der Waals surface area contributed by atoms with E-state index in [1.54, 1.807) is 0 Å². The predicted molar refractivity (Wildman–Crippen MR) is 54.8 cm³/mol. The fourth-order valence-electron chi connectivity index (χ4n) is 0.916. The van der Waals surface area contributed by atoms with Crippen LogP contribution < -0.4 is 11.0 Å². The molecule has 2 radical (unpaired) electrons. The molecule has 4 nitrogen and oxygen atoms in total. The number of hydrogen-bond donors (Lipinski definition) is 3. The summed E-state index contributed by atoms with van der Waals surface area (Å²) in [5.41, 5.74) is 5.32. The molecule has 0 spiro atoms. The first-order valence-electron chi connectivity index (χ1n) is 4.51. The molecule has 6 heteroatoms. The molecule has 0 fully saturated rings. The fraction of sp³-hybridized carbons (Fsp3) is 0.857. The van der Waals surface area contributed by atoms with Gasteiger partial charge in [0.25, 0.3) is 0 Å². The van der Waals surface area contributed by atoms with Crippen LogP contribution in [0.1, 0.15) is 19.3 Å². The van der Waals surface area contributed by atoms with E-state index in [4.69, 9.17) is 10.8 Å². The molecule has 0 aliphatic heterocycles. The van der Waals surface area contributed by atoms with Gasteiger partial charge in [-0.1, -0.05) is 13.2 Å². The molecule has 1 atom stereocenters. The van der Waals surface area contributed by atoms with Gasteiger partial charge in [0, 0.05) is 0 Å². The van der Waals surface area contributed by atoms with Gasteiger partial charge in [-0.2, -0.15) is 0 Å². The first-order valence-corrected chi connectivity index (χ1v) is 4.51. The molecular weight excluding hydrogens is 166 g/mol. The number of hydrogen-bond acceptors (Lipinski definition) is 3. The van der Waals surface area contributed by atoms with Crippen LogP contribution in [-0.2, 0) is 4.79 Å². The van der Waals surface area contributed by atoms with Crippen LogP contribution in [0.15, 0.2) is 0 Å². The van der Waals surface area contributed by atoms with Crippen molar-refractivity contribution in [2.75, 3.05) is 6.54 Å². The lowest BCUT2D eigenvalue weighted by Gasteiger charge is -2.05. The molecule has 0 aromatic rings. The van der Waals surface area contributed by atoms with Crippen LogP contribution >= 0.6 is 0 Å². The highest BCUT2D eigenvalue weighted by atomic mass is 16.4. The van der Waals surface area contributed by atoms with Crippen LogP contribution in [0.2, 0.25) is 6.82 Å². The van der Waals surface area contributed by atoms with Crippen LogP contribution in [0.4, 0.5) is 0 Å². The summed E-state index contributed by atoms with van der Waals surface area (Å²) in [7, 11) is 3.79. The van der Waals surface area contributed by atoms with Crippen LogP contribution in [-0.4, -0.2) is 38.1 Å². The minimum Gasteiger partial charge on any atom is -0.480 e. The van der Waals surface area contributed by atoms with Gasteiger partial charge in [-0.3, -0.25) is 4.79 Å². The third-order valence-electron chi connectivity index (χ3n) is 1.69. The third-order valence-corrected chi connectivity index (χ3v) is 1.69. The zero-order valence-corrected chi connectivity index (χ0v) is 7.99. The minimum atomic E-state index is -0.915. The summed E-state index contributed by atoms with van der Waals surface area (Å²) in [5.74, 6) is -0.915. The van der Waals surface area contributed by atoms with E-state index in [9.17, 15) is 4.79 Å². The fourth-order valence-corrected chi connectivity index (χ4v) is 0.916. The van der Waals surface area contributed by atoms with Crippen molar-refractivity contribution in [3.8, 4) is 0 Å². The van der Waals surface area contributed by atoms with Crippen molar-refractivity contribution in [2.45, 2.75) is 32.1 Å². The van der Waals surface area contributed by atoms with Crippen molar-refractivity contribution in [2.24, 2.45) is 5.73 Å². The lowest BCUT2D eigenvalue weighted by Crippen LogP contribution is -2.30. The molecule has 0 amide bonds. The second-order valence-corrected chi connectivity index (χ2v) is 2.89. The summed E-state index contributed by atoms with van der Waals surface area (Å²) in [4.78, 5) is 10.3. The molecule has 4 N–H and O–H groups in total. The molecule has 1 unspecified atom stereocenters. The van der Waals surface area contributed by atoms with Crippen LogP contribution in [0.3, 0.4) is 0 Å². The van der Waals surface area contributed by atoms with Gasteiger partial charge < -0.3 is 16.1 Å². The van der Waals surface area contributed by atoms with E-state index >= 15 is 0 Å². The summed E-state index contributed by atoms with van der Waals surface area (Å²) in [6, 6.07) is -0.707. The van der Waals surface area contributed by atoms with Gasteiger partial charge in [0.15, 0.2) is 7.31 Å². The number of unbranched alkanes of at least 4 members (excludes halogenated alkanes) is 1. The monoisotopic (exact) mass is 182 g/mol. The van der Waals surface area contributed by atoms with E-state index in [0.29, 0.717) is 6.42 Å². The Balaban J connectivity index is 3.11. The number of nitrogens with one attached hydrogen (secondary N) is 1. The molecule has 0 aliphatic carbocycles. The Hall–Kier alpha value is -0.480. The Bertz CT molecular complexity index is 146. The van der Waals surface area contributed by atoms with E-state index in [1.807, 2.05) is 21.3 Å². The Labute approximate surface area is 80.8 Å². The molecule has 0 saturated heterocycles. The Kier molecular flexibility index (Phi) is 7.83. The highest BCUT2D eigenvalue weighted by Gasteiger charge is 2.09. The summed E-state index contributed by atoms with van der Waals surface area (Å²) >= 11 is 0. The summed E-state index contributed by atoms with van der Waals surface area (Å²) < 4.78 is 0. The third kappa shape index (κ3) is 7.87. The normalized spacial score (nSPS) is 12.2. The molecule has 0 bridgehead atoms. The Morgan fingerprint density at radius 1 is 1.62 bits per heavy atom. The van der Waals surface area contributed by atoms with Crippen molar-refractivity contribution in [1.29, 1.82) is 0 Å². The van der Waals surface area contributed by atoms with Gasteiger partial charge in [0.1, 0.15) is 6.04 Å². The summed E-state index contributed by atoms with van der Waals surface area (Å²) in [5, 5.41) is 11.5. The Morgan fingerprint density at radius 2 is 2.31 bits per heavy atom. The van der Waals surface area contributed by atoms with Crippen molar-refractivity contribution < 1.29 is 9.90 Å². The highest BCUT2D eigenvalue weighted by Crippen LogP contribution is 1.97. The van der Waals surface area contributed by atoms with E-state index in [-0.39, 0.29) is 0 Å². The predicted octanol–water partition coefficient (Wildman–Crippen LogP) is -0.555. The summed E-state index contributed by atoms with van der Waals surface area (Å²) in [6.07, 6.45) is 2.34. The number of rotatable bonds is 8. The standard InChI is InChI=1S/C7H16B2N2O2/c1-8-9-11-5-3-2-4-6(10)7(12)13/h6,11H,2-5,10H2,1H3,(H,12,13). The molecule has 0 aromatic heterocycles. The number of carbonyl (C=O) groups is 1. The number of aliphatic carboxylic acids is 1. The largest absolute Gasteiger partial charge is 0.480 e. The molecular formula is C7H16B2N2O2.